The molecule has 410 valence electrons. The second kappa shape index (κ2) is 59.2. The molecule has 0 aliphatic rings. The van der Waals surface area contributed by atoms with Crippen molar-refractivity contribution in [2.45, 2.75) is 366 Å². The molecule has 0 aliphatic heterocycles. The Labute approximate surface area is 431 Å². The molecule has 0 aliphatic carbocycles. The summed E-state index contributed by atoms with van der Waals surface area (Å²) in [6, 6.07) is -0.623. The van der Waals surface area contributed by atoms with E-state index in [1.807, 2.05) is 6.08 Å². The number of allylic oxidation sites excluding steroid dienone is 1. The van der Waals surface area contributed by atoms with Crippen molar-refractivity contribution in [3.63, 3.8) is 0 Å². The molecule has 0 aromatic rings. The summed E-state index contributed by atoms with van der Waals surface area (Å²) >= 11 is 0. The Bertz CT molecular complexity index is 1030. The van der Waals surface area contributed by atoms with Crippen LogP contribution in [-0.2, 0) is 14.3 Å². The van der Waals surface area contributed by atoms with Gasteiger partial charge >= 0.3 is 5.97 Å². The van der Waals surface area contributed by atoms with E-state index in [9.17, 15) is 19.8 Å². The van der Waals surface area contributed by atoms with Crippen molar-refractivity contribution in [1.29, 1.82) is 0 Å². The van der Waals surface area contributed by atoms with Gasteiger partial charge in [0.1, 0.15) is 0 Å². The van der Waals surface area contributed by atoms with E-state index in [0.29, 0.717) is 19.4 Å². The third-order valence-corrected chi connectivity index (χ3v) is 14.8. The van der Waals surface area contributed by atoms with E-state index in [4.69, 9.17) is 4.74 Å². The monoisotopic (exact) mass is 974 g/mol. The molecule has 6 heteroatoms. The SMILES string of the molecule is CCCCCCCCC/C=C/C(O)C(CO)NC(=O)CCCCCCCCCCCCCCCCCCCCCCCCCCCOC(=O)CCCCCCCCCCCCCCCCCCCC. The summed E-state index contributed by atoms with van der Waals surface area (Å²) in [5, 5.41) is 22.9. The molecule has 0 aromatic carbocycles. The number of hydrogen-bond donors (Lipinski definition) is 3. The highest BCUT2D eigenvalue weighted by atomic mass is 16.5. The number of unbranched alkanes of at least 4 members (excludes halogenated alkanes) is 48. The fourth-order valence-corrected chi connectivity index (χ4v) is 9.99. The zero-order valence-electron chi connectivity index (χ0n) is 46.8. The van der Waals surface area contributed by atoms with Gasteiger partial charge in [0.2, 0.25) is 5.91 Å². The number of esters is 1. The number of hydrogen-bond acceptors (Lipinski definition) is 5. The Morgan fingerprint density at radius 3 is 0.986 bits per heavy atom. The third kappa shape index (κ3) is 55.8. The molecule has 0 rings (SSSR count). The van der Waals surface area contributed by atoms with Gasteiger partial charge in [-0.1, -0.05) is 321 Å². The number of ether oxygens (including phenoxy) is 1. The lowest BCUT2D eigenvalue weighted by Gasteiger charge is -2.20. The molecule has 0 aromatic heterocycles. The maximum absolute atomic E-state index is 12.4. The molecule has 69 heavy (non-hydrogen) atoms. The number of nitrogens with one attached hydrogen (secondary N) is 1. The maximum Gasteiger partial charge on any atom is 0.305 e. The second-order valence-electron chi connectivity index (χ2n) is 21.8. The lowest BCUT2D eigenvalue weighted by molar-refractivity contribution is -0.143. The molecule has 3 N–H and O–H groups in total. The largest absolute Gasteiger partial charge is 0.466 e. The number of carbonyl (C=O) groups is 2. The van der Waals surface area contributed by atoms with E-state index in [2.05, 4.69) is 19.2 Å². The van der Waals surface area contributed by atoms with Crippen molar-refractivity contribution in [2.75, 3.05) is 13.2 Å². The van der Waals surface area contributed by atoms with Crippen LogP contribution in [0.25, 0.3) is 0 Å². The Hall–Kier alpha value is -1.40. The lowest BCUT2D eigenvalue weighted by Crippen LogP contribution is -2.45. The van der Waals surface area contributed by atoms with Gasteiger partial charge in [-0.05, 0) is 32.1 Å². The van der Waals surface area contributed by atoms with E-state index in [1.54, 1.807) is 6.08 Å². The maximum atomic E-state index is 12.4. The van der Waals surface area contributed by atoms with Crippen LogP contribution in [-0.4, -0.2) is 47.4 Å². The first-order valence-electron chi connectivity index (χ1n) is 31.5. The van der Waals surface area contributed by atoms with E-state index in [-0.39, 0.29) is 18.5 Å². The highest BCUT2D eigenvalue weighted by Gasteiger charge is 2.18. The minimum absolute atomic E-state index is 0.0208. The summed E-state index contributed by atoms with van der Waals surface area (Å²) in [4.78, 5) is 24.5. The average molecular weight is 975 g/mol. The minimum atomic E-state index is -0.840. The molecular weight excluding hydrogens is 851 g/mol. The smallest absolute Gasteiger partial charge is 0.305 e. The Balaban J connectivity index is 3.31. The van der Waals surface area contributed by atoms with Crippen LogP contribution in [0.5, 0.6) is 0 Å². The van der Waals surface area contributed by atoms with Crippen LogP contribution in [0.1, 0.15) is 354 Å². The van der Waals surface area contributed by atoms with Gasteiger partial charge in [-0.2, -0.15) is 0 Å². The van der Waals surface area contributed by atoms with E-state index >= 15 is 0 Å². The standard InChI is InChI=1S/C63H123NO5/c1-3-5-7-9-11-13-14-15-16-17-28-31-34-37-41-45-49-53-57-63(68)69-58-54-50-46-42-38-35-32-29-26-24-22-20-18-19-21-23-25-27-30-33-36-40-44-48-52-56-62(67)64-60(59-65)61(66)55-51-47-43-39-12-10-8-6-4-2/h51,55,60-61,65-66H,3-50,52-54,56-59H2,1-2H3,(H,64,67)/b55-51+. The number of carbonyl (C=O) groups excluding carboxylic acids is 2. The van der Waals surface area contributed by atoms with Gasteiger partial charge in [-0.25, -0.2) is 0 Å². The first-order chi connectivity index (χ1) is 34.0. The van der Waals surface area contributed by atoms with Crippen molar-refractivity contribution >= 4 is 11.9 Å². The number of rotatable bonds is 59. The van der Waals surface area contributed by atoms with Gasteiger partial charge in [0.15, 0.2) is 0 Å². The quantitative estimate of drug-likeness (QED) is 0.0321. The van der Waals surface area contributed by atoms with Crippen LogP contribution in [0.3, 0.4) is 0 Å². The Morgan fingerprint density at radius 2 is 0.667 bits per heavy atom. The summed E-state index contributed by atoms with van der Waals surface area (Å²) < 4.78 is 5.50. The van der Waals surface area contributed by atoms with E-state index in [1.165, 1.54) is 289 Å². The van der Waals surface area contributed by atoms with E-state index < -0.39 is 12.1 Å². The van der Waals surface area contributed by atoms with Crippen molar-refractivity contribution in [1.82, 2.24) is 5.32 Å². The normalized spacial score (nSPS) is 12.6. The van der Waals surface area contributed by atoms with Crippen LogP contribution >= 0.6 is 0 Å². The molecule has 2 atom stereocenters. The van der Waals surface area contributed by atoms with E-state index in [0.717, 1.165) is 38.5 Å². The molecule has 0 spiro atoms. The van der Waals surface area contributed by atoms with Crippen LogP contribution in [0.2, 0.25) is 0 Å². The highest BCUT2D eigenvalue weighted by Crippen LogP contribution is 2.18. The minimum Gasteiger partial charge on any atom is -0.466 e. The molecular formula is C63H123NO5. The van der Waals surface area contributed by atoms with Crippen molar-refractivity contribution in [3.05, 3.63) is 12.2 Å². The van der Waals surface area contributed by atoms with Gasteiger partial charge in [0, 0.05) is 12.8 Å². The molecule has 1 amide bonds. The highest BCUT2D eigenvalue weighted by molar-refractivity contribution is 5.76. The van der Waals surface area contributed by atoms with Crippen LogP contribution < -0.4 is 5.32 Å². The van der Waals surface area contributed by atoms with Crippen molar-refractivity contribution in [2.24, 2.45) is 0 Å². The third-order valence-electron chi connectivity index (χ3n) is 14.8. The molecule has 6 nitrogen and oxygen atoms in total. The van der Waals surface area contributed by atoms with Gasteiger partial charge in [0.05, 0.1) is 25.4 Å². The Morgan fingerprint density at radius 1 is 0.391 bits per heavy atom. The summed E-state index contributed by atoms with van der Waals surface area (Å²) in [5.41, 5.74) is 0. The van der Waals surface area contributed by atoms with Crippen LogP contribution in [0.4, 0.5) is 0 Å². The number of aliphatic hydroxyl groups excluding tert-OH is 2. The van der Waals surface area contributed by atoms with Gasteiger partial charge in [0.25, 0.3) is 0 Å². The van der Waals surface area contributed by atoms with Crippen molar-refractivity contribution < 1.29 is 24.5 Å². The van der Waals surface area contributed by atoms with Crippen molar-refractivity contribution in [3.8, 4) is 0 Å². The summed E-state index contributed by atoms with van der Waals surface area (Å²) in [6.45, 7) is 4.91. The van der Waals surface area contributed by atoms with Crippen LogP contribution in [0, 0.1) is 0 Å². The fourth-order valence-electron chi connectivity index (χ4n) is 9.99. The molecule has 0 fully saturated rings. The number of aliphatic hydroxyl groups is 2. The zero-order chi connectivity index (χ0) is 50.0. The first kappa shape index (κ1) is 67.6. The number of amides is 1. The van der Waals surface area contributed by atoms with Gasteiger partial charge in [-0.3, -0.25) is 9.59 Å². The van der Waals surface area contributed by atoms with Gasteiger partial charge < -0.3 is 20.3 Å². The topological polar surface area (TPSA) is 95.9 Å². The molecule has 0 heterocycles. The van der Waals surface area contributed by atoms with Gasteiger partial charge in [-0.15, -0.1) is 0 Å². The fraction of sp³-hybridized carbons (Fsp3) is 0.937. The molecule has 0 radical (unpaired) electrons. The predicted octanol–water partition coefficient (Wildman–Crippen LogP) is 19.6. The Kier molecular flexibility index (Phi) is 58.0. The van der Waals surface area contributed by atoms with Crippen LogP contribution in [0.15, 0.2) is 12.2 Å². The second-order valence-corrected chi connectivity index (χ2v) is 21.8. The summed E-state index contributed by atoms with van der Waals surface area (Å²) in [7, 11) is 0. The summed E-state index contributed by atoms with van der Waals surface area (Å²) in [6.07, 6.45) is 71.3. The lowest BCUT2D eigenvalue weighted by atomic mass is 10.0. The molecule has 0 bridgehead atoms. The predicted molar refractivity (Wildman–Crippen MR) is 301 cm³/mol. The first-order valence-corrected chi connectivity index (χ1v) is 31.5. The average Bonchev–Trinajstić information content (AvgIpc) is 3.35. The zero-order valence-corrected chi connectivity index (χ0v) is 46.8. The summed E-state index contributed by atoms with van der Waals surface area (Å²) in [5.74, 6) is -0.0467. The molecule has 0 saturated carbocycles. The molecule has 0 saturated heterocycles. The molecule has 2 unspecified atom stereocenters.